The van der Waals surface area contributed by atoms with Gasteiger partial charge in [0.1, 0.15) is 23.9 Å². The van der Waals surface area contributed by atoms with Crippen LogP contribution >= 0.6 is 11.6 Å². The molecule has 2 N–H and O–H groups in total. The molecule has 2 amide bonds. The average Bonchev–Trinajstić information content (AvgIpc) is 2.53. The van der Waals surface area contributed by atoms with Gasteiger partial charge in [-0.15, -0.1) is 0 Å². The fourth-order valence-corrected chi connectivity index (χ4v) is 2.05. The number of hydrogen-bond acceptors (Lipinski definition) is 3. The molecule has 0 heterocycles. The van der Waals surface area contributed by atoms with Gasteiger partial charge in [0.25, 0.3) is 0 Å². The van der Waals surface area contributed by atoms with E-state index in [0.717, 1.165) is 0 Å². The molecule has 0 aliphatic carbocycles. The third-order valence-electron chi connectivity index (χ3n) is 2.89. The van der Waals surface area contributed by atoms with Gasteiger partial charge < -0.3 is 20.1 Å². The molecule has 0 saturated heterocycles. The highest BCUT2D eigenvalue weighted by Crippen LogP contribution is 2.24. The number of urea groups is 1. The maximum atomic E-state index is 12.9. The van der Waals surface area contributed by atoms with Crippen molar-refractivity contribution in [3.05, 3.63) is 53.3 Å². The van der Waals surface area contributed by atoms with E-state index in [9.17, 15) is 9.18 Å². The van der Waals surface area contributed by atoms with Crippen molar-refractivity contribution in [3.63, 3.8) is 0 Å². The smallest absolute Gasteiger partial charge is 0.319 e. The van der Waals surface area contributed by atoms with Crippen LogP contribution < -0.4 is 20.1 Å². The quantitative estimate of drug-likeness (QED) is 0.790. The molecule has 2 rings (SSSR count). The van der Waals surface area contributed by atoms with E-state index in [0.29, 0.717) is 17.2 Å². The number of halogens is 2. The molecule has 0 fully saturated rings. The monoisotopic (exact) mass is 338 g/mol. The number of ether oxygens (including phenoxy) is 2. The maximum Gasteiger partial charge on any atom is 0.319 e. The Labute approximate surface area is 138 Å². The third-order valence-corrected chi connectivity index (χ3v) is 3.19. The summed E-state index contributed by atoms with van der Waals surface area (Å²) in [6, 6.07) is 10.5. The number of benzene rings is 2. The van der Waals surface area contributed by atoms with Gasteiger partial charge in [0.2, 0.25) is 0 Å². The molecule has 23 heavy (non-hydrogen) atoms. The van der Waals surface area contributed by atoms with Crippen molar-refractivity contribution in [1.82, 2.24) is 5.32 Å². The lowest BCUT2D eigenvalue weighted by atomic mass is 10.3. The molecule has 0 saturated carbocycles. The largest absolute Gasteiger partial charge is 0.495 e. The van der Waals surface area contributed by atoms with Crippen molar-refractivity contribution in [2.75, 3.05) is 25.6 Å². The van der Waals surface area contributed by atoms with Gasteiger partial charge in [-0.1, -0.05) is 23.7 Å². The molecule has 0 atom stereocenters. The van der Waals surface area contributed by atoms with E-state index in [1.165, 1.54) is 25.3 Å². The molecule has 0 radical (unpaired) electrons. The van der Waals surface area contributed by atoms with E-state index in [-0.39, 0.29) is 24.2 Å². The van der Waals surface area contributed by atoms with Gasteiger partial charge in [-0.2, -0.15) is 0 Å². The minimum absolute atomic E-state index is 0.184. The van der Waals surface area contributed by atoms with E-state index in [1.807, 2.05) is 6.07 Å². The van der Waals surface area contributed by atoms with Gasteiger partial charge in [0, 0.05) is 0 Å². The van der Waals surface area contributed by atoms with Crippen LogP contribution in [0.15, 0.2) is 42.5 Å². The van der Waals surface area contributed by atoms with Crippen molar-refractivity contribution in [2.45, 2.75) is 0 Å². The van der Waals surface area contributed by atoms with Crippen molar-refractivity contribution in [2.24, 2.45) is 0 Å². The van der Waals surface area contributed by atoms with E-state index in [4.69, 9.17) is 21.1 Å². The molecular weight excluding hydrogens is 323 g/mol. The summed E-state index contributed by atoms with van der Waals surface area (Å²) in [5.41, 5.74) is 0.565. The summed E-state index contributed by atoms with van der Waals surface area (Å²) >= 11 is 5.83. The van der Waals surface area contributed by atoms with Gasteiger partial charge in [0.15, 0.2) is 0 Å². The predicted molar refractivity (Wildman–Crippen MR) is 86.9 cm³/mol. The Bertz CT molecular complexity index is 682. The molecule has 0 aromatic heterocycles. The SMILES string of the molecule is COc1ccccc1NC(=O)NCCOc1ccc(F)cc1Cl. The molecule has 0 bridgehead atoms. The first kappa shape index (κ1) is 16.9. The Morgan fingerprint density at radius 1 is 1.22 bits per heavy atom. The van der Waals surface area contributed by atoms with Crippen LogP contribution in [-0.4, -0.2) is 26.3 Å². The zero-order chi connectivity index (χ0) is 16.7. The number of methoxy groups -OCH3 is 1. The Morgan fingerprint density at radius 2 is 2.00 bits per heavy atom. The number of nitrogens with one attached hydrogen (secondary N) is 2. The van der Waals surface area contributed by atoms with E-state index in [2.05, 4.69) is 10.6 Å². The Hall–Kier alpha value is -2.47. The minimum atomic E-state index is -0.434. The second kappa shape index (κ2) is 8.24. The summed E-state index contributed by atoms with van der Waals surface area (Å²) in [6.45, 7) is 0.458. The molecule has 5 nitrogen and oxygen atoms in total. The zero-order valence-electron chi connectivity index (χ0n) is 12.4. The molecule has 122 valence electrons. The van der Waals surface area contributed by atoms with Crippen LogP contribution in [0.3, 0.4) is 0 Å². The van der Waals surface area contributed by atoms with E-state index >= 15 is 0 Å². The Kier molecular flexibility index (Phi) is 6.05. The third kappa shape index (κ3) is 5.03. The van der Waals surface area contributed by atoms with Gasteiger partial charge in [0.05, 0.1) is 24.4 Å². The molecule has 0 aliphatic heterocycles. The normalized spacial score (nSPS) is 10.0. The van der Waals surface area contributed by atoms with Crippen molar-refractivity contribution < 1.29 is 18.7 Å². The number of anilines is 1. The topological polar surface area (TPSA) is 59.6 Å². The van der Waals surface area contributed by atoms with Crippen molar-refractivity contribution in [1.29, 1.82) is 0 Å². The van der Waals surface area contributed by atoms with Crippen LogP contribution in [0, 0.1) is 5.82 Å². The highest BCUT2D eigenvalue weighted by molar-refractivity contribution is 6.32. The summed E-state index contributed by atoms with van der Waals surface area (Å²) in [5.74, 6) is 0.494. The Balaban J connectivity index is 1.76. The first-order valence-corrected chi connectivity index (χ1v) is 7.23. The number of rotatable bonds is 6. The highest BCUT2D eigenvalue weighted by Gasteiger charge is 2.07. The second-order valence-corrected chi connectivity index (χ2v) is 4.91. The average molecular weight is 339 g/mol. The molecule has 7 heteroatoms. The fourth-order valence-electron chi connectivity index (χ4n) is 1.83. The molecular formula is C16H16ClFN2O3. The van der Waals surface area contributed by atoms with E-state index < -0.39 is 5.82 Å². The maximum absolute atomic E-state index is 12.9. The second-order valence-electron chi connectivity index (χ2n) is 4.50. The van der Waals surface area contributed by atoms with Crippen LogP contribution in [0.2, 0.25) is 5.02 Å². The van der Waals surface area contributed by atoms with Crippen LogP contribution in [-0.2, 0) is 0 Å². The van der Waals surface area contributed by atoms with Gasteiger partial charge in [-0.3, -0.25) is 0 Å². The number of amides is 2. The summed E-state index contributed by atoms with van der Waals surface area (Å²) in [5, 5.41) is 5.49. The molecule has 2 aromatic rings. The number of hydrogen-bond donors (Lipinski definition) is 2. The first-order valence-electron chi connectivity index (χ1n) is 6.86. The van der Waals surface area contributed by atoms with Gasteiger partial charge in [-0.05, 0) is 30.3 Å². The van der Waals surface area contributed by atoms with Crippen molar-refractivity contribution >= 4 is 23.3 Å². The number of carbonyl (C=O) groups excluding carboxylic acids is 1. The molecule has 0 spiro atoms. The van der Waals surface area contributed by atoms with Gasteiger partial charge in [-0.25, -0.2) is 9.18 Å². The summed E-state index contributed by atoms with van der Waals surface area (Å²) in [7, 11) is 1.53. The highest BCUT2D eigenvalue weighted by atomic mass is 35.5. The minimum Gasteiger partial charge on any atom is -0.495 e. The predicted octanol–water partition coefficient (Wildman–Crippen LogP) is 3.69. The van der Waals surface area contributed by atoms with Gasteiger partial charge >= 0.3 is 6.03 Å². The zero-order valence-corrected chi connectivity index (χ0v) is 13.2. The molecule has 2 aromatic carbocycles. The summed E-state index contributed by atoms with van der Waals surface area (Å²) in [4.78, 5) is 11.8. The van der Waals surface area contributed by atoms with Crippen molar-refractivity contribution in [3.8, 4) is 11.5 Å². The van der Waals surface area contributed by atoms with Crippen LogP contribution in [0.1, 0.15) is 0 Å². The summed E-state index contributed by atoms with van der Waals surface area (Å²) in [6.07, 6.45) is 0. The molecule has 0 unspecified atom stereocenters. The van der Waals surface area contributed by atoms with Crippen LogP contribution in [0.5, 0.6) is 11.5 Å². The standard InChI is InChI=1S/C16H16ClFN2O3/c1-22-15-5-3-2-4-13(15)20-16(21)19-8-9-23-14-7-6-11(18)10-12(14)17/h2-7,10H,8-9H2,1H3,(H2,19,20,21). The van der Waals surface area contributed by atoms with Crippen LogP contribution in [0.4, 0.5) is 14.9 Å². The first-order chi connectivity index (χ1) is 11.1. The lowest BCUT2D eigenvalue weighted by molar-refractivity contribution is 0.247. The van der Waals surface area contributed by atoms with E-state index in [1.54, 1.807) is 18.2 Å². The Morgan fingerprint density at radius 3 is 2.74 bits per heavy atom. The number of para-hydroxylation sites is 2. The fraction of sp³-hybridized carbons (Fsp3) is 0.188. The number of carbonyl (C=O) groups is 1. The lowest BCUT2D eigenvalue weighted by Crippen LogP contribution is -2.32. The van der Waals surface area contributed by atoms with Crippen LogP contribution in [0.25, 0.3) is 0 Å². The lowest BCUT2D eigenvalue weighted by Gasteiger charge is -2.12. The molecule has 0 aliphatic rings. The summed E-state index contributed by atoms with van der Waals surface area (Å²) < 4.78 is 23.4.